The Morgan fingerprint density at radius 3 is 2.85 bits per heavy atom. The van der Waals surface area contributed by atoms with Crippen molar-refractivity contribution in [2.24, 2.45) is 0 Å². The van der Waals surface area contributed by atoms with Gasteiger partial charge in [-0.1, -0.05) is 6.07 Å². The number of hydrogen-bond donors (Lipinski definition) is 4. The number of aliphatic hydroxyl groups excluding tert-OH is 1. The molecular weight excluding hydrogens is 170 g/mol. The lowest BCUT2D eigenvalue weighted by molar-refractivity contribution is 0.177. The maximum Gasteiger partial charge on any atom is 0.157 e. The van der Waals surface area contributed by atoms with E-state index in [1.54, 1.807) is 0 Å². The van der Waals surface area contributed by atoms with Crippen LogP contribution in [0.4, 0.5) is 0 Å². The summed E-state index contributed by atoms with van der Waals surface area (Å²) in [5, 5.41) is 30.2. The Kier molecular flexibility index (Phi) is 2.27. The highest BCUT2D eigenvalue weighted by molar-refractivity contribution is 5.41. The highest BCUT2D eigenvalue weighted by Crippen LogP contribution is 2.27. The smallest absolute Gasteiger partial charge is 0.157 e. The van der Waals surface area contributed by atoms with Crippen molar-refractivity contribution in [2.75, 3.05) is 13.5 Å². The average molecular weight is 185 g/mol. The highest BCUT2D eigenvalue weighted by atomic mass is 16.3. The molecule has 1 aromatic carbocycles. The molecule has 0 radical (unpaired) electrons. The molecule has 72 valence electrons. The second kappa shape index (κ2) is 4.11. The fourth-order valence-corrected chi connectivity index (χ4v) is 0.977. The number of phenolic OH excluding ortho intramolecular Hbond substituents is 2. The van der Waals surface area contributed by atoms with Crippen molar-refractivity contribution in [3.05, 3.63) is 23.8 Å². The third kappa shape index (κ3) is 2.34. The molecule has 0 fully saturated rings. The van der Waals surface area contributed by atoms with E-state index in [-0.39, 0.29) is 18.0 Å². The van der Waals surface area contributed by atoms with E-state index < -0.39 is 13.1 Å². The first kappa shape index (κ1) is 7.17. The predicted molar refractivity (Wildman–Crippen MR) is 48.7 cm³/mol. The summed E-state index contributed by atoms with van der Waals surface area (Å²) in [6, 6.07) is 3.97. The van der Waals surface area contributed by atoms with E-state index in [2.05, 4.69) is 5.32 Å². The van der Waals surface area contributed by atoms with Crippen LogP contribution in [0, 0.1) is 0 Å². The van der Waals surface area contributed by atoms with Crippen LogP contribution in [0.15, 0.2) is 18.2 Å². The van der Waals surface area contributed by atoms with E-state index in [0.29, 0.717) is 5.56 Å². The first-order valence-electron chi connectivity index (χ1n) is 4.94. The molecule has 0 aliphatic carbocycles. The number of hydrogen-bond acceptors (Lipinski definition) is 4. The van der Waals surface area contributed by atoms with Crippen LogP contribution >= 0.6 is 0 Å². The fourth-order valence-electron chi connectivity index (χ4n) is 0.977. The van der Waals surface area contributed by atoms with Crippen molar-refractivity contribution in [2.45, 2.75) is 6.10 Å². The number of aromatic hydroxyl groups is 2. The van der Waals surface area contributed by atoms with Gasteiger partial charge in [0.15, 0.2) is 11.5 Å². The molecule has 0 heterocycles. The van der Waals surface area contributed by atoms with Crippen LogP contribution in [0.1, 0.15) is 14.4 Å². The van der Waals surface area contributed by atoms with Gasteiger partial charge in [-0.2, -0.15) is 0 Å². The Balaban J connectivity index is 2.65. The number of aliphatic hydroxyl groups is 1. The largest absolute Gasteiger partial charge is 0.504 e. The molecule has 0 saturated heterocycles. The van der Waals surface area contributed by atoms with Gasteiger partial charge in [0.1, 0.15) is 0 Å². The average Bonchev–Trinajstić information content (AvgIpc) is 2.18. The molecule has 1 aromatic rings. The lowest BCUT2D eigenvalue weighted by Gasteiger charge is -2.10. The molecule has 4 N–H and O–H groups in total. The molecule has 1 unspecified atom stereocenters. The predicted octanol–water partition coefficient (Wildman–Crippen LogP) is 0.351. The van der Waals surface area contributed by atoms with Crippen LogP contribution in [-0.4, -0.2) is 28.9 Å². The molecule has 0 spiro atoms. The van der Waals surface area contributed by atoms with Crippen LogP contribution in [0.5, 0.6) is 11.5 Å². The minimum Gasteiger partial charge on any atom is -0.504 e. The summed E-state index contributed by atoms with van der Waals surface area (Å²) in [6.45, 7) is -1.16. The van der Waals surface area contributed by atoms with Gasteiger partial charge in [0, 0.05) is 9.29 Å². The van der Waals surface area contributed by atoms with Crippen LogP contribution in [0.2, 0.25) is 0 Å². The number of nitrogens with one attached hydrogen (secondary N) is 1. The molecule has 0 aromatic heterocycles. The Labute approximate surface area is 79.3 Å². The number of rotatable bonds is 3. The lowest BCUT2D eigenvalue weighted by atomic mass is 10.1. The van der Waals surface area contributed by atoms with Crippen molar-refractivity contribution in [3.63, 3.8) is 0 Å². The third-order valence-electron chi connectivity index (χ3n) is 1.70. The second-order valence-corrected chi connectivity index (χ2v) is 2.67. The molecule has 4 nitrogen and oxygen atoms in total. The second-order valence-electron chi connectivity index (χ2n) is 2.67. The van der Waals surface area contributed by atoms with Gasteiger partial charge < -0.3 is 20.6 Å². The maximum atomic E-state index is 9.56. The summed E-state index contributed by atoms with van der Waals surface area (Å²) in [7, 11) is 0. The minimum absolute atomic E-state index is 0.0435. The van der Waals surface area contributed by atoms with Gasteiger partial charge in [0.2, 0.25) is 0 Å². The number of likely N-dealkylation sites (N-methyl/N-ethyl adjacent to an activating group) is 1. The molecule has 1 atom stereocenters. The van der Waals surface area contributed by atoms with Crippen molar-refractivity contribution in [1.29, 1.82) is 0 Å². The number of benzene rings is 1. The summed E-state index contributed by atoms with van der Waals surface area (Å²) >= 11 is 0. The molecule has 13 heavy (non-hydrogen) atoms. The Bertz CT molecular complexity index is 333. The Hall–Kier alpha value is -1.26. The summed E-state index contributed by atoms with van der Waals surface area (Å²) in [4.78, 5) is 0. The van der Waals surface area contributed by atoms with Gasteiger partial charge in [-0.15, -0.1) is 0 Å². The minimum atomic E-state index is -1.20. The van der Waals surface area contributed by atoms with E-state index in [0.717, 1.165) is 0 Å². The van der Waals surface area contributed by atoms with Crippen LogP contribution < -0.4 is 5.32 Å². The Morgan fingerprint density at radius 1 is 1.46 bits per heavy atom. The molecule has 0 aliphatic rings. The van der Waals surface area contributed by atoms with Crippen molar-refractivity contribution in [1.82, 2.24) is 5.32 Å². The van der Waals surface area contributed by atoms with E-state index >= 15 is 0 Å². The first-order valence-corrected chi connectivity index (χ1v) is 3.78. The molecule has 0 bridgehead atoms. The van der Waals surface area contributed by atoms with Crippen LogP contribution in [-0.2, 0) is 0 Å². The maximum absolute atomic E-state index is 9.56. The molecule has 0 amide bonds. The normalized spacial score (nSPS) is 15.2. The Morgan fingerprint density at radius 2 is 2.23 bits per heavy atom. The van der Waals surface area contributed by atoms with E-state index in [1.807, 2.05) is 0 Å². The van der Waals surface area contributed by atoms with Crippen molar-refractivity contribution < 1.29 is 18.1 Å². The zero-order chi connectivity index (χ0) is 11.4. The summed E-state index contributed by atoms with van der Waals surface area (Å²) < 4.78 is 13.7. The first-order chi connectivity index (χ1) is 7.00. The third-order valence-corrected chi connectivity index (χ3v) is 1.70. The van der Waals surface area contributed by atoms with Gasteiger partial charge >= 0.3 is 0 Å². The molecule has 0 saturated carbocycles. The van der Waals surface area contributed by atoms with Crippen molar-refractivity contribution >= 4 is 0 Å². The summed E-state index contributed by atoms with van der Waals surface area (Å²) in [6.07, 6.45) is -0.922. The van der Waals surface area contributed by atoms with Gasteiger partial charge in [-0.3, -0.25) is 0 Å². The summed E-state index contributed by atoms with van der Waals surface area (Å²) in [5.74, 6) is -0.558. The van der Waals surface area contributed by atoms with E-state index in [9.17, 15) is 10.2 Å². The quantitative estimate of drug-likeness (QED) is 0.513. The molecule has 0 aliphatic heterocycles. The lowest BCUT2D eigenvalue weighted by Crippen LogP contribution is -2.16. The molecule has 4 heteroatoms. The van der Waals surface area contributed by atoms with E-state index in [4.69, 9.17) is 7.85 Å². The summed E-state index contributed by atoms with van der Waals surface area (Å²) in [5.41, 5.74) is 0.415. The van der Waals surface area contributed by atoms with Crippen molar-refractivity contribution in [3.8, 4) is 11.5 Å². The standard InChI is InChI=1S/C9H13NO3/c1-10-5-9(13)6-2-3-7(11)8(12)4-6/h2-4,9-13H,5H2,1H3/i1D2. The van der Waals surface area contributed by atoms with Gasteiger partial charge in [0.05, 0.1) is 6.10 Å². The van der Waals surface area contributed by atoms with Crippen LogP contribution in [0.3, 0.4) is 0 Å². The molecule has 1 rings (SSSR count). The topological polar surface area (TPSA) is 72.7 Å². The zero-order valence-electron chi connectivity index (χ0n) is 8.94. The number of phenols is 2. The zero-order valence-corrected chi connectivity index (χ0v) is 6.94. The van der Waals surface area contributed by atoms with Gasteiger partial charge in [-0.05, 0) is 24.7 Å². The SMILES string of the molecule is [2H]C([2H])NCC(O)c1ccc(O)c(O)c1. The van der Waals surface area contributed by atoms with Gasteiger partial charge in [-0.25, -0.2) is 0 Å². The van der Waals surface area contributed by atoms with E-state index in [1.165, 1.54) is 18.2 Å². The monoisotopic (exact) mass is 185 g/mol. The van der Waals surface area contributed by atoms with Crippen LogP contribution in [0.25, 0.3) is 0 Å². The van der Waals surface area contributed by atoms with Gasteiger partial charge in [0.25, 0.3) is 0 Å². The molecular formula is C9H13NO3. The fraction of sp³-hybridized carbons (Fsp3) is 0.333. The highest BCUT2D eigenvalue weighted by Gasteiger charge is 2.08.